The standard InChI is InChI=1S/C20H26N6O2/c1-14-12-23-20(21)24-18(14)28-16-6-10-25(11-7-16)17-5-4-15(13-22-17)19(27)26-8-2-3-9-26/h4-5,12-13,16H,2-3,6-11H2,1H3,(H2,21,23,24). The van der Waals surface area contributed by atoms with E-state index in [2.05, 4.69) is 19.9 Å². The van der Waals surface area contributed by atoms with Crippen LogP contribution in [0.4, 0.5) is 11.8 Å². The maximum Gasteiger partial charge on any atom is 0.255 e. The Morgan fingerprint density at radius 1 is 1.11 bits per heavy atom. The predicted molar refractivity (Wildman–Crippen MR) is 106 cm³/mol. The molecule has 0 radical (unpaired) electrons. The van der Waals surface area contributed by atoms with Crippen LogP contribution >= 0.6 is 0 Å². The number of anilines is 2. The minimum atomic E-state index is 0.0863. The quantitative estimate of drug-likeness (QED) is 0.864. The first-order valence-electron chi connectivity index (χ1n) is 9.86. The summed E-state index contributed by atoms with van der Waals surface area (Å²) in [5, 5.41) is 0. The van der Waals surface area contributed by atoms with Crippen molar-refractivity contribution in [2.75, 3.05) is 36.8 Å². The molecule has 2 aromatic heterocycles. The number of aromatic nitrogens is 3. The number of carbonyl (C=O) groups excluding carboxylic acids is 1. The molecule has 8 nitrogen and oxygen atoms in total. The third-order valence-corrected chi connectivity index (χ3v) is 5.38. The van der Waals surface area contributed by atoms with Gasteiger partial charge in [0, 0.05) is 57.0 Å². The molecule has 0 unspecified atom stereocenters. The lowest BCUT2D eigenvalue weighted by Gasteiger charge is -2.33. The summed E-state index contributed by atoms with van der Waals surface area (Å²) in [6.07, 6.45) is 7.41. The van der Waals surface area contributed by atoms with Gasteiger partial charge in [-0.15, -0.1) is 0 Å². The highest BCUT2D eigenvalue weighted by Crippen LogP contribution is 2.23. The van der Waals surface area contributed by atoms with E-state index in [-0.39, 0.29) is 18.0 Å². The van der Waals surface area contributed by atoms with Gasteiger partial charge in [0.25, 0.3) is 5.91 Å². The lowest BCUT2D eigenvalue weighted by Crippen LogP contribution is -2.39. The number of aryl methyl sites for hydroxylation is 1. The number of nitrogens with zero attached hydrogens (tertiary/aromatic N) is 5. The van der Waals surface area contributed by atoms with Gasteiger partial charge in [-0.3, -0.25) is 4.79 Å². The van der Waals surface area contributed by atoms with Gasteiger partial charge < -0.3 is 20.3 Å². The molecule has 148 valence electrons. The van der Waals surface area contributed by atoms with E-state index in [0.29, 0.717) is 11.4 Å². The number of hydrogen-bond acceptors (Lipinski definition) is 7. The number of rotatable bonds is 4. The van der Waals surface area contributed by atoms with Gasteiger partial charge in [0.2, 0.25) is 11.8 Å². The molecule has 0 spiro atoms. The summed E-state index contributed by atoms with van der Waals surface area (Å²) in [4.78, 5) is 29.3. The van der Waals surface area contributed by atoms with Crippen molar-refractivity contribution in [3.63, 3.8) is 0 Å². The van der Waals surface area contributed by atoms with E-state index in [1.807, 2.05) is 24.0 Å². The van der Waals surface area contributed by atoms with E-state index >= 15 is 0 Å². The lowest BCUT2D eigenvalue weighted by atomic mass is 10.1. The van der Waals surface area contributed by atoms with Crippen LogP contribution in [0.5, 0.6) is 5.88 Å². The molecule has 2 aliphatic rings. The second-order valence-electron chi connectivity index (χ2n) is 7.43. The van der Waals surface area contributed by atoms with E-state index in [9.17, 15) is 4.79 Å². The summed E-state index contributed by atoms with van der Waals surface area (Å²) < 4.78 is 6.03. The van der Waals surface area contributed by atoms with Crippen LogP contribution < -0.4 is 15.4 Å². The minimum Gasteiger partial charge on any atom is -0.474 e. The number of piperidine rings is 1. The summed E-state index contributed by atoms with van der Waals surface area (Å²) in [7, 11) is 0. The van der Waals surface area contributed by atoms with Crippen LogP contribution in [-0.2, 0) is 0 Å². The SMILES string of the molecule is Cc1cnc(N)nc1OC1CCN(c2ccc(C(=O)N3CCCC3)cn2)CC1. The first-order valence-corrected chi connectivity index (χ1v) is 9.86. The number of ether oxygens (including phenoxy) is 1. The maximum absolute atomic E-state index is 12.4. The molecule has 2 N–H and O–H groups in total. The lowest BCUT2D eigenvalue weighted by molar-refractivity contribution is 0.0792. The maximum atomic E-state index is 12.4. The van der Waals surface area contributed by atoms with Crippen molar-refractivity contribution in [3.8, 4) is 5.88 Å². The Hall–Kier alpha value is -2.90. The van der Waals surface area contributed by atoms with Gasteiger partial charge in [-0.05, 0) is 31.9 Å². The molecule has 28 heavy (non-hydrogen) atoms. The fraction of sp³-hybridized carbons (Fsp3) is 0.500. The van der Waals surface area contributed by atoms with Gasteiger partial charge in [0.15, 0.2) is 0 Å². The number of likely N-dealkylation sites (tertiary alicyclic amines) is 1. The molecule has 1 amide bonds. The van der Waals surface area contributed by atoms with Crippen LogP contribution in [0.1, 0.15) is 41.6 Å². The zero-order valence-corrected chi connectivity index (χ0v) is 16.2. The van der Waals surface area contributed by atoms with Crippen molar-refractivity contribution in [2.45, 2.75) is 38.7 Å². The summed E-state index contributed by atoms with van der Waals surface area (Å²) in [6, 6.07) is 3.83. The van der Waals surface area contributed by atoms with Crippen LogP contribution in [0.25, 0.3) is 0 Å². The highest BCUT2D eigenvalue weighted by Gasteiger charge is 2.24. The zero-order valence-electron chi connectivity index (χ0n) is 16.2. The van der Waals surface area contributed by atoms with Crippen LogP contribution in [0.2, 0.25) is 0 Å². The molecule has 2 aliphatic heterocycles. The fourth-order valence-electron chi connectivity index (χ4n) is 3.72. The molecule has 4 rings (SSSR count). The third kappa shape index (κ3) is 4.00. The first kappa shape index (κ1) is 18.5. The number of amides is 1. The molecule has 2 aromatic rings. The van der Waals surface area contributed by atoms with Gasteiger partial charge in [-0.2, -0.15) is 4.98 Å². The van der Waals surface area contributed by atoms with Crippen LogP contribution in [0.3, 0.4) is 0 Å². The molecule has 0 atom stereocenters. The van der Waals surface area contributed by atoms with Gasteiger partial charge >= 0.3 is 0 Å². The number of carbonyl (C=O) groups is 1. The number of nitrogens with two attached hydrogens (primary N) is 1. The van der Waals surface area contributed by atoms with E-state index in [1.54, 1.807) is 12.4 Å². The predicted octanol–water partition coefficient (Wildman–Crippen LogP) is 2.05. The number of nitrogen functional groups attached to an aromatic ring is 1. The van der Waals surface area contributed by atoms with Gasteiger partial charge in [-0.1, -0.05) is 0 Å². The van der Waals surface area contributed by atoms with E-state index in [0.717, 1.165) is 63.2 Å². The molecule has 8 heteroatoms. The molecule has 0 aromatic carbocycles. The van der Waals surface area contributed by atoms with Crippen molar-refractivity contribution in [3.05, 3.63) is 35.7 Å². The van der Waals surface area contributed by atoms with E-state index in [1.165, 1.54) is 0 Å². The summed E-state index contributed by atoms with van der Waals surface area (Å²) in [5.41, 5.74) is 7.21. The van der Waals surface area contributed by atoms with Crippen molar-refractivity contribution in [2.24, 2.45) is 0 Å². The van der Waals surface area contributed by atoms with Crippen molar-refractivity contribution in [1.29, 1.82) is 0 Å². The topological polar surface area (TPSA) is 97.5 Å². The van der Waals surface area contributed by atoms with E-state index < -0.39 is 0 Å². The van der Waals surface area contributed by atoms with Crippen LogP contribution in [-0.4, -0.2) is 58.0 Å². The van der Waals surface area contributed by atoms with Crippen molar-refractivity contribution >= 4 is 17.7 Å². The Labute approximate surface area is 164 Å². The largest absolute Gasteiger partial charge is 0.474 e. The minimum absolute atomic E-state index is 0.0863. The zero-order chi connectivity index (χ0) is 19.5. The number of hydrogen-bond donors (Lipinski definition) is 1. The summed E-state index contributed by atoms with van der Waals surface area (Å²) >= 11 is 0. The molecular weight excluding hydrogens is 356 g/mol. The average molecular weight is 382 g/mol. The Balaban J connectivity index is 1.33. The van der Waals surface area contributed by atoms with E-state index in [4.69, 9.17) is 10.5 Å². The van der Waals surface area contributed by atoms with Gasteiger partial charge in [0.05, 0.1) is 5.56 Å². The highest BCUT2D eigenvalue weighted by atomic mass is 16.5. The fourth-order valence-corrected chi connectivity index (χ4v) is 3.72. The molecule has 0 aliphatic carbocycles. The summed E-state index contributed by atoms with van der Waals surface area (Å²) in [5.74, 6) is 1.78. The van der Waals surface area contributed by atoms with Crippen LogP contribution in [0, 0.1) is 6.92 Å². The Bertz CT molecular complexity index is 827. The van der Waals surface area contributed by atoms with Gasteiger partial charge in [0.1, 0.15) is 11.9 Å². The smallest absolute Gasteiger partial charge is 0.255 e. The number of pyridine rings is 1. The Morgan fingerprint density at radius 2 is 1.86 bits per heavy atom. The van der Waals surface area contributed by atoms with Gasteiger partial charge in [-0.25, -0.2) is 9.97 Å². The first-order chi connectivity index (χ1) is 13.6. The average Bonchev–Trinajstić information content (AvgIpc) is 3.26. The molecule has 0 saturated carbocycles. The Kier molecular flexibility index (Phi) is 5.27. The molecule has 4 heterocycles. The Morgan fingerprint density at radius 3 is 2.54 bits per heavy atom. The second kappa shape index (κ2) is 8.00. The third-order valence-electron chi connectivity index (χ3n) is 5.38. The summed E-state index contributed by atoms with van der Waals surface area (Å²) in [6.45, 7) is 5.31. The van der Waals surface area contributed by atoms with Crippen LogP contribution in [0.15, 0.2) is 24.5 Å². The van der Waals surface area contributed by atoms with Crippen molar-refractivity contribution < 1.29 is 9.53 Å². The molecule has 2 saturated heterocycles. The molecular formula is C20H26N6O2. The highest BCUT2D eigenvalue weighted by molar-refractivity contribution is 5.94. The molecule has 2 fully saturated rings. The monoisotopic (exact) mass is 382 g/mol. The second-order valence-corrected chi connectivity index (χ2v) is 7.43. The molecule has 0 bridgehead atoms. The van der Waals surface area contributed by atoms with Crippen molar-refractivity contribution in [1.82, 2.24) is 19.9 Å². The normalized spacial score (nSPS) is 17.8.